The highest BCUT2D eigenvalue weighted by Gasteiger charge is 2.25. The zero-order valence-electron chi connectivity index (χ0n) is 8.86. The van der Waals surface area contributed by atoms with Crippen LogP contribution in [0.25, 0.3) is 0 Å². The molecule has 86 valence electrons. The summed E-state index contributed by atoms with van der Waals surface area (Å²) in [6.07, 6.45) is 0. The van der Waals surface area contributed by atoms with Crippen molar-refractivity contribution in [3.05, 3.63) is 34.0 Å². The molecule has 0 heterocycles. The molecule has 0 spiro atoms. The molecule has 6 heteroatoms. The molecule has 2 N–H and O–H groups in total. The number of methoxy groups -OCH3 is 1. The second kappa shape index (κ2) is 4.69. The Hall–Kier alpha value is -1.98. The molecule has 0 saturated heterocycles. The summed E-state index contributed by atoms with van der Waals surface area (Å²) in [6, 6.07) is 1.23. The molecule has 0 aliphatic rings. The first kappa shape index (κ1) is 12.1. The number of carbonyl (C=O) groups is 1. The number of rotatable bonds is 4. The Morgan fingerprint density at radius 3 is 2.62 bits per heavy atom. The molecule has 1 rings (SSSR count). The number of hydrogen-bond donors (Lipinski definition) is 1. The van der Waals surface area contributed by atoms with E-state index in [1.54, 1.807) is 6.92 Å². The fourth-order valence-corrected chi connectivity index (χ4v) is 1.44. The smallest absolute Gasteiger partial charge is 0.250 e. The molecule has 0 aliphatic heterocycles. The summed E-state index contributed by atoms with van der Waals surface area (Å²) in [7, 11) is 1.24. The molecule has 5 nitrogen and oxygen atoms in total. The number of ether oxygens (including phenoxy) is 1. The molecular weight excluding hydrogens is 215 g/mol. The van der Waals surface area contributed by atoms with E-state index in [4.69, 9.17) is 10.5 Å². The van der Waals surface area contributed by atoms with Gasteiger partial charge < -0.3 is 10.5 Å². The maximum Gasteiger partial charge on any atom is 0.250 e. The quantitative estimate of drug-likeness (QED) is 0.788. The van der Waals surface area contributed by atoms with Gasteiger partial charge in [0.15, 0.2) is 17.6 Å². The number of primary amides is 1. The molecule has 0 aromatic heterocycles. The average molecular weight is 226 g/mol. The minimum atomic E-state index is -1.44. The number of amides is 1. The summed E-state index contributed by atoms with van der Waals surface area (Å²) >= 11 is 0. The Morgan fingerprint density at radius 2 is 2.19 bits per heavy atom. The predicted octanol–water partition coefficient (Wildman–Crippen LogP) is 1.44. The van der Waals surface area contributed by atoms with E-state index in [0.29, 0.717) is 5.56 Å². The summed E-state index contributed by atoms with van der Waals surface area (Å²) in [5.41, 5.74) is 5.58. The third kappa shape index (κ3) is 2.16. The van der Waals surface area contributed by atoms with E-state index in [-0.39, 0.29) is 11.3 Å². The van der Waals surface area contributed by atoms with Gasteiger partial charge in [-0.3, -0.25) is 4.79 Å². The first-order valence-electron chi connectivity index (χ1n) is 4.47. The van der Waals surface area contributed by atoms with E-state index >= 15 is 0 Å². The molecule has 1 amide bonds. The lowest BCUT2D eigenvalue weighted by Gasteiger charge is -2.12. The van der Waals surface area contributed by atoms with Crippen LogP contribution in [-0.2, 0) is 4.79 Å². The molecule has 1 atom stereocenters. The molecule has 1 aromatic carbocycles. The van der Waals surface area contributed by atoms with Gasteiger partial charge in [0.05, 0.1) is 7.11 Å². The van der Waals surface area contributed by atoms with Crippen LogP contribution >= 0.6 is 0 Å². The van der Waals surface area contributed by atoms with Crippen LogP contribution in [0.3, 0.4) is 0 Å². The van der Waals surface area contributed by atoms with Crippen LogP contribution in [0, 0.1) is 17.6 Å². The Kier molecular flexibility index (Phi) is 3.55. The Morgan fingerprint density at radius 1 is 1.56 bits per heavy atom. The number of benzene rings is 1. The molecule has 0 fully saturated rings. The largest absolute Gasteiger partial charge is 0.493 e. The monoisotopic (exact) mass is 226 g/mol. The lowest BCUT2D eigenvalue weighted by atomic mass is 10.0. The van der Waals surface area contributed by atoms with E-state index in [9.17, 15) is 14.1 Å². The molecule has 16 heavy (non-hydrogen) atoms. The van der Waals surface area contributed by atoms with E-state index in [2.05, 4.69) is 5.18 Å². The van der Waals surface area contributed by atoms with Crippen molar-refractivity contribution in [3.63, 3.8) is 0 Å². The SMILES string of the molecule is COc1c(F)cc(C)cc1C(N=O)C(N)=O. The first-order valence-corrected chi connectivity index (χ1v) is 4.47. The van der Waals surface area contributed by atoms with Crippen molar-refractivity contribution in [3.8, 4) is 5.75 Å². The number of carbonyl (C=O) groups excluding carboxylic acids is 1. The predicted molar refractivity (Wildman–Crippen MR) is 55.4 cm³/mol. The minimum Gasteiger partial charge on any atom is -0.493 e. The second-order valence-electron chi connectivity index (χ2n) is 3.28. The van der Waals surface area contributed by atoms with Crippen LogP contribution in [0.15, 0.2) is 17.3 Å². The number of hydrogen-bond acceptors (Lipinski definition) is 4. The number of aryl methyl sites for hydroxylation is 1. The molecule has 1 aromatic rings. The van der Waals surface area contributed by atoms with Gasteiger partial charge in [0, 0.05) is 5.56 Å². The van der Waals surface area contributed by atoms with Crippen molar-refractivity contribution in [2.45, 2.75) is 13.0 Å². The van der Waals surface area contributed by atoms with Gasteiger partial charge in [0.1, 0.15) is 0 Å². The van der Waals surface area contributed by atoms with Crippen molar-refractivity contribution in [1.82, 2.24) is 0 Å². The number of nitrogens with zero attached hydrogens (tertiary/aromatic N) is 1. The Labute approximate surface area is 91.4 Å². The van der Waals surface area contributed by atoms with Gasteiger partial charge in [-0.2, -0.15) is 0 Å². The van der Waals surface area contributed by atoms with Gasteiger partial charge in [-0.05, 0) is 24.6 Å². The molecule has 1 unspecified atom stereocenters. The third-order valence-electron chi connectivity index (χ3n) is 2.09. The normalized spacial score (nSPS) is 11.9. The summed E-state index contributed by atoms with van der Waals surface area (Å²) in [4.78, 5) is 21.5. The second-order valence-corrected chi connectivity index (χ2v) is 3.28. The van der Waals surface area contributed by atoms with Crippen molar-refractivity contribution in [2.75, 3.05) is 7.11 Å². The van der Waals surface area contributed by atoms with Gasteiger partial charge in [0.2, 0.25) is 0 Å². The van der Waals surface area contributed by atoms with E-state index in [1.807, 2.05) is 0 Å². The fraction of sp³-hybridized carbons (Fsp3) is 0.300. The third-order valence-corrected chi connectivity index (χ3v) is 2.09. The van der Waals surface area contributed by atoms with Crippen molar-refractivity contribution < 1.29 is 13.9 Å². The zero-order chi connectivity index (χ0) is 12.3. The molecule has 0 aliphatic carbocycles. The van der Waals surface area contributed by atoms with Crippen LogP contribution in [0.1, 0.15) is 17.2 Å². The maximum absolute atomic E-state index is 13.5. The summed E-state index contributed by atoms with van der Waals surface area (Å²) in [6.45, 7) is 1.62. The standard InChI is InChI=1S/C10H11FN2O3/c1-5-3-6(8(13-15)10(12)14)9(16-2)7(11)4-5/h3-4,8H,1-2H3,(H2,12,14). The van der Waals surface area contributed by atoms with Crippen molar-refractivity contribution in [1.29, 1.82) is 0 Å². The first-order chi connectivity index (χ1) is 7.51. The average Bonchev–Trinajstić information content (AvgIpc) is 2.17. The topological polar surface area (TPSA) is 81.8 Å². The van der Waals surface area contributed by atoms with E-state index in [0.717, 1.165) is 0 Å². The van der Waals surface area contributed by atoms with Gasteiger partial charge in [-0.25, -0.2) is 4.39 Å². The zero-order valence-corrected chi connectivity index (χ0v) is 8.86. The van der Waals surface area contributed by atoms with E-state index < -0.39 is 17.8 Å². The van der Waals surface area contributed by atoms with Crippen LogP contribution in [0.2, 0.25) is 0 Å². The highest BCUT2D eigenvalue weighted by molar-refractivity contribution is 5.82. The van der Waals surface area contributed by atoms with Crippen molar-refractivity contribution in [2.24, 2.45) is 10.9 Å². The molecule has 0 radical (unpaired) electrons. The van der Waals surface area contributed by atoms with Crippen LogP contribution in [-0.4, -0.2) is 13.0 Å². The summed E-state index contributed by atoms with van der Waals surface area (Å²) in [5, 5.41) is 2.58. The molecule has 0 saturated carbocycles. The highest BCUT2D eigenvalue weighted by Crippen LogP contribution is 2.31. The number of nitrogens with two attached hydrogens (primary N) is 1. The van der Waals surface area contributed by atoms with Gasteiger partial charge in [0.25, 0.3) is 5.91 Å². The summed E-state index contributed by atoms with van der Waals surface area (Å²) < 4.78 is 18.2. The molecular formula is C10H11FN2O3. The lowest BCUT2D eigenvalue weighted by molar-refractivity contribution is -0.119. The number of halogens is 1. The highest BCUT2D eigenvalue weighted by atomic mass is 19.1. The van der Waals surface area contributed by atoms with Crippen molar-refractivity contribution >= 4 is 5.91 Å². The van der Waals surface area contributed by atoms with E-state index in [1.165, 1.54) is 19.2 Å². The Bertz CT molecular complexity index is 434. The van der Waals surface area contributed by atoms with Gasteiger partial charge in [-0.15, -0.1) is 4.91 Å². The number of nitroso groups, excluding NO2 is 1. The minimum absolute atomic E-state index is 0.0440. The molecule has 0 bridgehead atoms. The van der Waals surface area contributed by atoms with Gasteiger partial charge >= 0.3 is 0 Å². The summed E-state index contributed by atoms with van der Waals surface area (Å²) in [5.74, 6) is -1.79. The van der Waals surface area contributed by atoms with Crippen LogP contribution < -0.4 is 10.5 Å². The maximum atomic E-state index is 13.5. The Balaban J connectivity index is 3.40. The lowest BCUT2D eigenvalue weighted by Crippen LogP contribution is -2.20. The van der Waals surface area contributed by atoms with Crippen LogP contribution in [0.4, 0.5) is 4.39 Å². The van der Waals surface area contributed by atoms with Gasteiger partial charge in [-0.1, -0.05) is 5.18 Å². The van der Waals surface area contributed by atoms with Crippen LogP contribution in [0.5, 0.6) is 5.75 Å². The fourth-order valence-electron chi connectivity index (χ4n) is 1.44.